The standard InChI is InChI=1S/C20H22N2O3/c23-19-11-10-18(22(19)13-15-7-4-12-25-15)20(24)21-17-9-3-6-14-5-1-2-8-16(14)17/h1-2,4-5,7-8,12,17-18H,3,6,9-11,13H2,(H,21,24)/t17-,18-/m0/s1. The van der Waals surface area contributed by atoms with Crippen LogP contribution in [0.15, 0.2) is 47.1 Å². The highest BCUT2D eigenvalue weighted by molar-refractivity contribution is 5.91. The highest BCUT2D eigenvalue weighted by Crippen LogP contribution is 2.30. The van der Waals surface area contributed by atoms with Crippen molar-refractivity contribution < 1.29 is 14.0 Å². The lowest BCUT2D eigenvalue weighted by Gasteiger charge is -2.29. The van der Waals surface area contributed by atoms with E-state index in [2.05, 4.69) is 17.4 Å². The number of amides is 2. The third-order valence-corrected chi connectivity index (χ3v) is 5.22. The van der Waals surface area contributed by atoms with Crippen molar-refractivity contribution in [2.24, 2.45) is 0 Å². The molecule has 0 spiro atoms. The molecule has 0 saturated carbocycles. The Bertz CT molecular complexity index is 769. The number of fused-ring (bicyclic) bond motifs is 1. The SMILES string of the molecule is O=C(N[C@H]1CCCc2ccccc21)[C@@H]1CCC(=O)N1Cc1ccco1. The van der Waals surface area contributed by atoms with Crippen LogP contribution < -0.4 is 5.32 Å². The first-order valence-electron chi connectivity index (χ1n) is 8.92. The topological polar surface area (TPSA) is 62.6 Å². The maximum atomic E-state index is 12.9. The van der Waals surface area contributed by atoms with Crippen LogP contribution in [0.5, 0.6) is 0 Å². The van der Waals surface area contributed by atoms with Crippen LogP contribution in [0.4, 0.5) is 0 Å². The summed E-state index contributed by atoms with van der Waals surface area (Å²) in [7, 11) is 0. The fraction of sp³-hybridized carbons (Fsp3) is 0.400. The third-order valence-electron chi connectivity index (χ3n) is 5.22. The fourth-order valence-corrected chi connectivity index (χ4v) is 3.95. The van der Waals surface area contributed by atoms with Crippen LogP contribution in [0.2, 0.25) is 0 Å². The van der Waals surface area contributed by atoms with Crippen molar-refractivity contribution in [1.29, 1.82) is 0 Å². The lowest BCUT2D eigenvalue weighted by atomic mass is 9.87. The van der Waals surface area contributed by atoms with Crippen LogP contribution in [-0.4, -0.2) is 22.8 Å². The van der Waals surface area contributed by atoms with E-state index in [1.165, 1.54) is 11.1 Å². The first-order chi connectivity index (χ1) is 12.2. The Morgan fingerprint density at radius 3 is 2.88 bits per heavy atom. The Morgan fingerprint density at radius 1 is 1.16 bits per heavy atom. The van der Waals surface area contributed by atoms with Crippen LogP contribution in [0.25, 0.3) is 0 Å². The largest absolute Gasteiger partial charge is 0.467 e. The van der Waals surface area contributed by atoms with E-state index in [4.69, 9.17) is 4.42 Å². The number of furan rings is 1. The number of nitrogens with zero attached hydrogens (tertiary/aromatic N) is 1. The number of aryl methyl sites for hydroxylation is 1. The molecule has 0 radical (unpaired) electrons. The summed E-state index contributed by atoms with van der Waals surface area (Å²) in [6.45, 7) is 0.352. The van der Waals surface area contributed by atoms with Gasteiger partial charge in [0.15, 0.2) is 0 Å². The van der Waals surface area contributed by atoms with E-state index in [9.17, 15) is 9.59 Å². The fourth-order valence-electron chi connectivity index (χ4n) is 3.95. The summed E-state index contributed by atoms with van der Waals surface area (Å²) in [6, 6.07) is 11.6. The van der Waals surface area contributed by atoms with Crippen molar-refractivity contribution in [3.8, 4) is 0 Å². The number of likely N-dealkylation sites (tertiary alicyclic amines) is 1. The lowest BCUT2D eigenvalue weighted by Crippen LogP contribution is -2.45. The molecule has 1 aliphatic carbocycles. The van der Waals surface area contributed by atoms with Crippen LogP contribution in [0.3, 0.4) is 0 Å². The number of carbonyl (C=O) groups excluding carboxylic acids is 2. The van der Waals surface area contributed by atoms with E-state index in [1.807, 2.05) is 18.2 Å². The van der Waals surface area contributed by atoms with E-state index >= 15 is 0 Å². The monoisotopic (exact) mass is 338 g/mol. The zero-order valence-corrected chi connectivity index (χ0v) is 14.1. The lowest BCUT2D eigenvalue weighted by molar-refractivity contribution is -0.136. The zero-order valence-electron chi connectivity index (χ0n) is 14.1. The summed E-state index contributed by atoms with van der Waals surface area (Å²) in [5.41, 5.74) is 2.53. The van der Waals surface area contributed by atoms with Crippen molar-refractivity contribution in [2.75, 3.05) is 0 Å². The van der Waals surface area contributed by atoms with Gasteiger partial charge in [-0.25, -0.2) is 0 Å². The number of hydrogen-bond donors (Lipinski definition) is 1. The molecule has 130 valence electrons. The molecule has 2 aliphatic rings. The maximum absolute atomic E-state index is 12.9. The molecule has 1 aliphatic heterocycles. The average Bonchev–Trinajstić information content (AvgIpc) is 3.26. The third kappa shape index (κ3) is 3.18. The van der Waals surface area contributed by atoms with Gasteiger partial charge in [0, 0.05) is 6.42 Å². The van der Waals surface area contributed by atoms with Crippen molar-refractivity contribution in [2.45, 2.75) is 50.7 Å². The molecular weight excluding hydrogens is 316 g/mol. The van der Waals surface area contributed by atoms with E-state index in [-0.39, 0.29) is 17.9 Å². The molecule has 2 amide bonds. The molecule has 0 unspecified atom stereocenters. The Morgan fingerprint density at radius 2 is 2.04 bits per heavy atom. The Balaban J connectivity index is 1.48. The van der Waals surface area contributed by atoms with Crippen LogP contribution in [0, 0.1) is 0 Å². The maximum Gasteiger partial charge on any atom is 0.243 e. The minimum absolute atomic E-state index is 0.0144. The average molecular weight is 338 g/mol. The second-order valence-electron chi connectivity index (χ2n) is 6.81. The molecule has 5 nitrogen and oxygen atoms in total. The van der Waals surface area contributed by atoms with E-state index in [0.717, 1.165) is 19.3 Å². The quantitative estimate of drug-likeness (QED) is 0.932. The van der Waals surface area contributed by atoms with Crippen LogP contribution in [0.1, 0.15) is 48.6 Å². The Hall–Kier alpha value is -2.56. The van der Waals surface area contributed by atoms with Crippen molar-refractivity contribution in [1.82, 2.24) is 10.2 Å². The first-order valence-corrected chi connectivity index (χ1v) is 8.92. The summed E-state index contributed by atoms with van der Waals surface area (Å²) < 4.78 is 5.34. The smallest absolute Gasteiger partial charge is 0.243 e. The minimum Gasteiger partial charge on any atom is -0.467 e. The molecule has 2 aromatic rings. The number of nitrogens with one attached hydrogen (secondary N) is 1. The molecule has 1 aromatic heterocycles. The van der Waals surface area contributed by atoms with Gasteiger partial charge < -0.3 is 14.6 Å². The molecule has 0 bridgehead atoms. The normalized spacial score (nSPS) is 22.7. The highest BCUT2D eigenvalue weighted by atomic mass is 16.3. The zero-order chi connectivity index (χ0) is 17.2. The molecule has 1 N–H and O–H groups in total. The predicted molar refractivity (Wildman–Crippen MR) is 92.5 cm³/mol. The summed E-state index contributed by atoms with van der Waals surface area (Å²) in [6.07, 6.45) is 5.65. The van der Waals surface area contributed by atoms with Gasteiger partial charge >= 0.3 is 0 Å². The van der Waals surface area contributed by atoms with Crippen LogP contribution >= 0.6 is 0 Å². The number of hydrogen-bond acceptors (Lipinski definition) is 3. The van der Waals surface area contributed by atoms with Gasteiger partial charge in [-0.3, -0.25) is 9.59 Å². The van der Waals surface area contributed by atoms with Gasteiger partial charge in [-0.05, 0) is 48.9 Å². The van der Waals surface area contributed by atoms with E-state index in [1.54, 1.807) is 17.2 Å². The number of benzene rings is 1. The second-order valence-corrected chi connectivity index (χ2v) is 6.81. The molecule has 5 heteroatoms. The molecular formula is C20H22N2O3. The summed E-state index contributed by atoms with van der Waals surface area (Å²) >= 11 is 0. The molecule has 2 atom stereocenters. The molecule has 25 heavy (non-hydrogen) atoms. The predicted octanol–water partition coefficient (Wildman–Crippen LogP) is 2.96. The van der Waals surface area contributed by atoms with Crippen LogP contribution in [-0.2, 0) is 22.6 Å². The van der Waals surface area contributed by atoms with Gasteiger partial charge in [-0.2, -0.15) is 0 Å². The summed E-state index contributed by atoms with van der Waals surface area (Å²) in [5, 5.41) is 3.18. The number of rotatable bonds is 4. The second kappa shape index (κ2) is 6.75. The summed E-state index contributed by atoms with van der Waals surface area (Å²) in [5.74, 6) is 0.663. The minimum atomic E-state index is -0.410. The van der Waals surface area contributed by atoms with Gasteiger partial charge in [-0.15, -0.1) is 0 Å². The van der Waals surface area contributed by atoms with E-state index < -0.39 is 6.04 Å². The highest BCUT2D eigenvalue weighted by Gasteiger charge is 2.37. The van der Waals surface area contributed by atoms with Crippen molar-refractivity contribution >= 4 is 11.8 Å². The van der Waals surface area contributed by atoms with Gasteiger partial charge in [0.1, 0.15) is 11.8 Å². The number of carbonyl (C=O) groups is 2. The van der Waals surface area contributed by atoms with Crippen molar-refractivity contribution in [3.63, 3.8) is 0 Å². The van der Waals surface area contributed by atoms with E-state index in [0.29, 0.717) is 25.1 Å². The van der Waals surface area contributed by atoms with Crippen molar-refractivity contribution in [3.05, 3.63) is 59.5 Å². The van der Waals surface area contributed by atoms with Gasteiger partial charge in [-0.1, -0.05) is 24.3 Å². The van der Waals surface area contributed by atoms with Gasteiger partial charge in [0.2, 0.25) is 11.8 Å². The molecule has 4 rings (SSSR count). The molecule has 1 fully saturated rings. The molecule has 1 saturated heterocycles. The van der Waals surface area contributed by atoms with Gasteiger partial charge in [0.05, 0.1) is 18.8 Å². The van der Waals surface area contributed by atoms with Gasteiger partial charge in [0.25, 0.3) is 0 Å². The Kier molecular flexibility index (Phi) is 4.30. The Labute approximate surface area is 147 Å². The summed E-state index contributed by atoms with van der Waals surface area (Å²) in [4.78, 5) is 26.7. The molecule has 1 aromatic carbocycles. The first kappa shape index (κ1) is 15.9. The molecule has 2 heterocycles.